The third-order valence-electron chi connectivity index (χ3n) is 1.76. The first-order chi connectivity index (χ1) is 6.35. The van der Waals surface area contributed by atoms with Gasteiger partial charge in [0, 0.05) is 0 Å². The maximum Gasteiger partial charge on any atom is 0.145 e. The summed E-state index contributed by atoms with van der Waals surface area (Å²) in [5, 5.41) is 0.932. The number of nitrogens with zero attached hydrogens (tertiary/aromatic N) is 1. The second-order valence-corrected chi connectivity index (χ2v) is 3.93. The van der Waals surface area contributed by atoms with Crippen LogP contribution < -0.4 is 4.74 Å². The molecule has 0 amide bonds. The van der Waals surface area contributed by atoms with Gasteiger partial charge in [-0.3, -0.25) is 0 Å². The molecule has 0 bridgehead atoms. The molecule has 1 aromatic carbocycles. The van der Waals surface area contributed by atoms with Crippen molar-refractivity contribution in [2.45, 2.75) is 5.88 Å². The molecule has 0 aliphatic rings. The molecule has 2 aromatic rings. The van der Waals surface area contributed by atoms with Crippen molar-refractivity contribution in [3.05, 3.63) is 23.2 Å². The number of para-hydroxylation sites is 1. The molecule has 0 fully saturated rings. The predicted octanol–water partition coefficient (Wildman–Crippen LogP) is 3.04. The topological polar surface area (TPSA) is 22.1 Å². The van der Waals surface area contributed by atoms with E-state index in [0.717, 1.165) is 21.0 Å². The summed E-state index contributed by atoms with van der Waals surface area (Å²) in [6.07, 6.45) is 0. The van der Waals surface area contributed by atoms with Crippen molar-refractivity contribution in [1.82, 2.24) is 4.98 Å². The molecule has 0 radical (unpaired) electrons. The first-order valence-electron chi connectivity index (χ1n) is 3.83. The van der Waals surface area contributed by atoms with E-state index in [1.165, 1.54) is 0 Å². The lowest BCUT2D eigenvalue weighted by Gasteiger charge is -1.97. The molecule has 2 rings (SSSR count). The van der Waals surface area contributed by atoms with Crippen LogP contribution in [-0.4, -0.2) is 12.1 Å². The molecule has 1 aromatic heterocycles. The van der Waals surface area contributed by atoms with E-state index < -0.39 is 0 Å². The molecule has 0 N–H and O–H groups in total. The molecule has 0 spiro atoms. The number of aromatic nitrogens is 1. The average molecular weight is 214 g/mol. The summed E-state index contributed by atoms with van der Waals surface area (Å²) in [7, 11) is 1.65. The number of benzene rings is 1. The predicted molar refractivity (Wildman–Crippen MR) is 55.7 cm³/mol. The van der Waals surface area contributed by atoms with Crippen molar-refractivity contribution < 1.29 is 4.74 Å². The highest BCUT2D eigenvalue weighted by atomic mass is 35.5. The number of halogens is 1. The van der Waals surface area contributed by atoms with Crippen LogP contribution in [0.25, 0.3) is 10.2 Å². The van der Waals surface area contributed by atoms with Gasteiger partial charge < -0.3 is 4.74 Å². The van der Waals surface area contributed by atoms with Crippen LogP contribution in [0.15, 0.2) is 18.2 Å². The maximum atomic E-state index is 5.70. The molecular formula is C9H8ClNOS. The monoisotopic (exact) mass is 213 g/mol. The van der Waals surface area contributed by atoms with Gasteiger partial charge in [0.25, 0.3) is 0 Å². The molecular weight excluding hydrogens is 206 g/mol. The number of fused-ring (bicyclic) bond motifs is 1. The van der Waals surface area contributed by atoms with Gasteiger partial charge in [0.2, 0.25) is 0 Å². The smallest absolute Gasteiger partial charge is 0.145 e. The third-order valence-corrected chi connectivity index (χ3v) is 3.19. The van der Waals surface area contributed by atoms with Gasteiger partial charge in [-0.25, -0.2) is 4.98 Å². The summed E-state index contributed by atoms with van der Waals surface area (Å²) in [4.78, 5) is 4.36. The van der Waals surface area contributed by atoms with E-state index in [2.05, 4.69) is 4.98 Å². The minimum absolute atomic E-state index is 0.461. The van der Waals surface area contributed by atoms with E-state index in [9.17, 15) is 0 Å². The number of ether oxygens (including phenoxy) is 1. The van der Waals surface area contributed by atoms with Crippen LogP contribution in [0, 0.1) is 0 Å². The molecule has 13 heavy (non-hydrogen) atoms. The Morgan fingerprint density at radius 3 is 3.08 bits per heavy atom. The number of thiazole rings is 1. The standard InChI is InChI=1S/C9H8ClNOS/c1-12-6-3-2-4-7-9(6)11-8(5-10)13-7/h2-4H,5H2,1H3. The lowest BCUT2D eigenvalue weighted by Crippen LogP contribution is -1.83. The zero-order chi connectivity index (χ0) is 9.26. The van der Waals surface area contributed by atoms with Gasteiger partial charge in [0.05, 0.1) is 17.7 Å². The summed E-state index contributed by atoms with van der Waals surface area (Å²) >= 11 is 7.30. The normalized spacial score (nSPS) is 10.6. The highest BCUT2D eigenvalue weighted by molar-refractivity contribution is 7.18. The van der Waals surface area contributed by atoms with Crippen molar-refractivity contribution in [2.75, 3.05) is 7.11 Å². The Labute approximate surface area is 85.1 Å². The lowest BCUT2D eigenvalue weighted by atomic mass is 10.3. The van der Waals surface area contributed by atoms with Gasteiger partial charge in [0.15, 0.2) is 0 Å². The summed E-state index contributed by atoms with van der Waals surface area (Å²) in [6, 6.07) is 5.88. The number of hydrogen-bond donors (Lipinski definition) is 0. The van der Waals surface area contributed by atoms with Gasteiger partial charge in [-0.1, -0.05) is 6.07 Å². The van der Waals surface area contributed by atoms with E-state index in [0.29, 0.717) is 5.88 Å². The van der Waals surface area contributed by atoms with Gasteiger partial charge in [-0.15, -0.1) is 22.9 Å². The molecule has 0 saturated carbocycles. The van der Waals surface area contributed by atoms with Crippen LogP contribution >= 0.6 is 22.9 Å². The first kappa shape index (κ1) is 8.78. The van der Waals surface area contributed by atoms with Gasteiger partial charge in [0.1, 0.15) is 16.3 Å². The molecule has 0 aliphatic heterocycles. The average Bonchev–Trinajstić information content (AvgIpc) is 2.59. The molecule has 1 heterocycles. The molecule has 2 nitrogen and oxygen atoms in total. The Bertz CT molecular complexity index is 426. The number of methoxy groups -OCH3 is 1. The number of hydrogen-bond acceptors (Lipinski definition) is 3. The summed E-state index contributed by atoms with van der Waals surface area (Å²) in [5.74, 6) is 1.27. The Morgan fingerprint density at radius 1 is 1.54 bits per heavy atom. The minimum atomic E-state index is 0.461. The third kappa shape index (κ3) is 1.49. The fraction of sp³-hybridized carbons (Fsp3) is 0.222. The van der Waals surface area contributed by atoms with E-state index in [4.69, 9.17) is 16.3 Å². The zero-order valence-electron chi connectivity index (χ0n) is 7.08. The van der Waals surface area contributed by atoms with Crippen LogP contribution in [0.4, 0.5) is 0 Å². The van der Waals surface area contributed by atoms with Crippen molar-refractivity contribution in [3.8, 4) is 5.75 Å². The molecule has 0 unspecified atom stereocenters. The highest BCUT2D eigenvalue weighted by Crippen LogP contribution is 2.29. The Hall–Kier alpha value is -0.800. The maximum absolute atomic E-state index is 5.70. The quantitative estimate of drug-likeness (QED) is 0.716. The van der Waals surface area contributed by atoms with Gasteiger partial charge in [-0.2, -0.15) is 0 Å². The summed E-state index contributed by atoms with van der Waals surface area (Å²) in [5.41, 5.74) is 0.908. The largest absolute Gasteiger partial charge is 0.494 e. The first-order valence-corrected chi connectivity index (χ1v) is 5.18. The number of alkyl halides is 1. The zero-order valence-corrected chi connectivity index (χ0v) is 8.65. The van der Waals surface area contributed by atoms with E-state index in [-0.39, 0.29) is 0 Å². The van der Waals surface area contributed by atoms with Gasteiger partial charge in [-0.05, 0) is 12.1 Å². The Balaban J connectivity index is 2.67. The van der Waals surface area contributed by atoms with E-state index in [1.54, 1.807) is 18.4 Å². The van der Waals surface area contributed by atoms with Crippen LogP contribution in [0.5, 0.6) is 5.75 Å². The van der Waals surface area contributed by atoms with Crippen molar-refractivity contribution in [1.29, 1.82) is 0 Å². The molecule has 0 aliphatic carbocycles. The van der Waals surface area contributed by atoms with Gasteiger partial charge >= 0.3 is 0 Å². The van der Waals surface area contributed by atoms with E-state index >= 15 is 0 Å². The summed E-state index contributed by atoms with van der Waals surface area (Å²) in [6.45, 7) is 0. The van der Waals surface area contributed by atoms with Crippen LogP contribution in [-0.2, 0) is 5.88 Å². The molecule has 4 heteroatoms. The fourth-order valence-electron chi connectivity index (χ4n) is 1.19. The number of rotatable bonds is 2. The summed E-state index contributed by atoms with van der Waals surface area (Å²) < 4.78 is 6.31. The molecule has 0 atom stereocenters. The molecule has 68 valence electrons. The van der Waals surface area contributed by atoms with Crippen LogP contribution in [0.1, 0.15) is 5.01 Å². The van der Waals surface area contributed by atoms with Crippen molar-refractivity contribution in [3.63, 3.8) is 0 Å². The van der Waals surface area contributed by atoms with Crippen molar-refractivity contribution in [2.24, 2.45) is 0 Å². The minimum Gasteiger partial charge on any atom is -0.494 e. The molecule has 0 saturated heterocycles. The lowest BCUT2D eigenvalue weighted by molar-refractivity contribution is 0.419. The second kappa shape index (κ2) is 3.52. The van der Waals surface area contributed by atoms with E-state index in [1.807, 2.05) is 18.2 Å². The SMILES string of the molecule is COc1cccc2sc(CCl)nc12. The highest BCUT2D eigenvalue weighted by Gasteiger charge is 2.06. The van der Waals surface area contributed by atoms with Crippen LogP contribution in [0.2, 0.25) is 0 Å². The Kier molecular flexibility index (Phi) is 2.38. The fourth-order valence-corrected chi connectivity index (χ4v) is 2.25. The van der Waals surface area contributed by atoms with Crippen molar-refractivity contribution >= 4 is 33.2 Å². The second-order valence-electron chi connectivity index (χ2n) is 2.55. The van der Waals surface area contributed by atoms with Crippen LogP contribution in [0.3, 0.4) is 0 Å². The Morgan fingerprint density at radius 2 is 2.38 bits per heavy atom.